The maximum Gasteiger partial charge on any atom is 0.141 e. The number of nitrogens with zero attached hydrogens (tertiary/aromatic N) is 1. The first kappa shape index (κ1) is 12.5. The highest BCUT2D eigenvalue weighted by molar-refractivity contribution is 5.34. The molecule has 0 aliphatic heterocycles. The fraction of sp³-hybridized carbons (Fsp3) is 0.214. The van der Waals surface area contributed by atoms with Gasteiger partial charge in [-0.15, -0.1) is 0 Å². The summed E-state index contributed by atoms with van der Waals surface area (Å²) in [6, 6.07) is 8.76. The molecule has 0 spiro atoms. The van der Waals surface area contributed by atoms with Gasteiger partial charge >= 0.3 is 0 Å². The zero-order valence-electron chi connectivity index (χ0n) is 10.1. The van der Waals surface area contributed by atoms with Crippen molar-refractivity contribution in [2.24, 2.45) is 5.73 Å². The van der Waals surface area contributed by atoms with E-state index in [4.69, 9.17) is 10.5 Å². The molecule has 0 aliphatic carbocycles. The Balaban J connectivity index is 2.18. The molecule has 3 nitrogen and oxygen atoms in total. The summed E-state index contributed by atoms with van der Waals surface area (Å²) in [6.45, 7) is 0. The second-order valence-corrected chi connectivity index (χ2v) is 4.06. The summed E-state index contributed by atoms with van der Waals surface area (Å²) in [5.74, 6) is 0.417. The van der Waals surface area contributed by atoms with E-state index < -0.39 is 0 Å². The molecule has 0 amide bonds. The van der Waals surface area contributed by atoms with Gasteiger partial charge in [-0.2, -0.15) is 0 Å². The first-order chi connectivity index (χ1) is 8.70. The Bertz CT molecular complexity index is 531. The topological polar surface area (TPSA) is 48.1 Å². The summed E-state index contributed by atoms with van der Waals surface area (Å²) < 4.78 is 18.3. The predicted octanol–water partition coefficient (Wildman–Crippen LogP) is 2.47. The van der Waals surface area contributed by atoms with Gasteiger partial charge in [0.25, 0.3) is 0 Å². The Morgan fingerprint density at radius 2 is 2.11 bits per heavy atom. The van der Waals surface area contributed by atoms with Gasteiger partial charge in [0.15, 0.2) is 0 Å². The van der Waals surface area contributed by atoms with Gasteiger partial charge in [0.1, 0.15) is 11.6 Å². The van der Waals surface area contributed by atoms with Crippen LogP contribution in [0.15, 0.2) is 42.7 Å². The largest absolute Gasteiger partial charge is 0.496 e. The van der Waals surface area contributed by atoms with E-state index in [0.717, 1.165) is 11.3 Å². The summed E-state index contributed by atoms with van der Waals surface area (Å²) in [5, 5.41) is 0. The molecule has 1 unspecified atom stereocenters. The monoisotopic (exact) mass is 246 g/mol. The van der Waals surface area contributed by atoms with Crippen LogP contribution < -0.4 is 10.5 Å². The Hall–Kier alpha value is -1.94. The standard InChI is InChI=1S/C14H15FN2O/c1-18-14-5-3-2-4-10(14)7-13(16)11-6-12(15)9-17-8-11/h2-6,8-9,13H,7,16H2,1H3. The molecule has 0 saturated heterocycles. The van der Waals surface area contributed by atoms with Crippen molar-refractivity contribution in [3.63, 3.8) is 0 Å². The number of ether oxygens (including phenoxy) is 1. The van der Waals surface area contributed by atoms with Gasteiger partial charge in [0.2, 0.25) is 0 Å². The number of methoxy groups -OCH3 is 1. The molecule has 1 heterocycles. The number of pyridine rings is 1. The number of para-hydroxylation sites is 1. The molecule has 0 aliphatic rings. The Kier molecular flexibility index (Phi) is 3.89. The molecule has 1 atom stereocenters. The molecule has 1 aromatic heterocycles. The van der Waals surface area contributed by atoms with Crippen molar-refractivity contribution in [3.8, 4) is 5.75 Å². The maximum absolute atomic E-state index is 13.1. The lowest BCUT2D eigenvalue weighted by molar-refractivity contribution is 0.408. The van der Waals surface area contributed by atoms with E-state index in [1.54, 1.807) is 13.3 Å². The number of hydrogen-bond acceptors (Lipinski definition) is 3. The minimum absolute atomic E-state index is 0.301. The molecular formula is C14H15FN2O. The second-order valence-electron chi connectivity index (χ2n) is 4.06. The van der Waals surface area contributed by atoms with Crippen LogP contribution in [0.1, 0.15) is 17.2 Å². The van der Waals surface area contributed by atoms with Gasteiger partial charge in [0.05, 0.1) is 13.3 Å². The van der Waals surface area contributed by atoms with Crippen LogP contribution in [0.4, 0.5) is 4.39 Å². The van der Waals surface area contributed by atoms with Gasteiger partial charge < -0.3 is 10.5 Å². The van der Waals surface area contributed by atoms with E-state index in [1.807, 2.05) is 24.3 Å². The van der Waals surface area contributed by atoms with Gasteiger partial charge in [-0.25, -0.2) is 4.39 Å². The van der Waals surface area contributed by atoms with Crippen LogP contribution in [-0.2, 0) is 6.42 Å². The molecule has 18 heavy (non-hydrogen) atoms. The van der Waals surface area contributed by atoms with Crippen LogP contribution in [0.3, 0.4) is 0 Å². The molecular weight excluding hydrogens is 231 g/mol. The molecule has 4 heteroatoms. The normalized spacial score (nSPS) is 12.2. The van der Waals surface area contributed by atoms with E-state index in [1.165, 1.54) is 12.3 Å². The third-order valence-corrected chi connectivity index (χ3v) is 2.79. The van der Waals surface area contributed by atoms with E-state index in [0.29, 0.717) is 12.0 Å². The quantitative estimate of drug-likeness (QED) is 0.901. The fourth-order valence-electron chi connectivity index (χ4n) is 1.86. The minimum atomic E-state index is -0.372. The maximum atomic E-state index is 13.1. The Labute approximate surface area is 105 Å². The average molecular weight is 246 g/mol. The molecule has 0 bridgehead atoms. The summed E-state index contributed by atoms with van der Waals surface area (Å²) >= 11 is 0. The number of aromatic nitrogens is 1. The number of hydrogen-bond donors (Lipinski definition) is 1. The van der Waals surface area contributed by atoms with Crippen LogP contribution in [-0.4, -0.2) is 12.1 Å². The molecule has 0 radical (unpaired) electrons. The predicted molar refractivity (Wildman–Crippen MR) is 67.8 cm³/mol. The molecule has 94 valence electrons. The average Bonchev–Trinajstić information content (AvgIpc) is 2.39. The van der Waals surface area contributed by atoms with Crippen molar-refractivity contribution in [1.82, 2.24) is 4.98 Å². The third-order valence-electron chi connectivity index (χ3n) is 2.79. The Morgan fingerprint density at radius 3 is 2.83 bits per heavy atom. The lowest BCUT2D eigenvalue weighted by Gasteiger charge is -2.14. The van der Waals surface area contributed by atoms with Gasteiger partial charge in [-0.3, -0.25) is 4.98 Å². The SMILES string of the molecule is COc1ccccc1CC(N)c1cncc(F)c1. The molecule has 1 aromatic carbocycles. The summed E-state index contributed by atoms with van der Waals surface area (Å²) in [4.78, 5) is 3.80. The summed E-state index contributed by atoms with van der Waals surface area (Å²) in [5.41, 5.74) is 7.74. The minimum Gasteiger partial charge on any atom is -0.496 e. The van der Waals surface area contributed by atoms with Crippen molar-refractivity contribution in [2.45, 2.75) is 12.5 Å². The van der Waals surface area contributed by atoms with Crippen LogP contribution in [0.2, 0.25) is 0 Å². The van der Waals surface area contributed by atoms with Crippen LogP contribution in [0.5, 0.6) is 5.75 Å². The smallest absolute Gasteiger partial charge is 0.141 e. The molecule has 0 saturated carbocycles. The van der Waals surface area contributed by atoms with Crippen molar-refractivity contribution >= 4 is 0 Å². The fourth-order valence-corrected chi connectivity index (χ4v) is 1.86. The number of benzene rings is 1. The van der Waals surface area contributed by atoms with Crippen molar-refractivity contribution in [1.29, 1.82) is 0 Å². The molecule has 2 rings (SSSR count). The van der Waals surface area contributed by atoms with Gasteiger partial charge in [-0.1, -0.05) is 18.2 Å². The van der Waals surface area contributed by atoms with Gasteiger partial charge in [-0.05, 0) is 29.7 Å². The molecule has 2 aromatic rings. The zero-order chi connectivity index (χ0) is 13.0. The van der Waals surface area contributed by atoms with Crippen LogP contribution in [0, 0.1) is 5.82 Å². The zero-order valence-corrected chi connectivity index (χ0v) is 10.1. The second kappa shape index (κ2) is 5.60. The lowest BCUT2D eigenvalue weighted by Crippen LogP contribution is -2.14. The van der Waals surface area contributed by atoms with Crippen molar-refractivity contribution in [2.75, 3.05) is 7.11 Å². The number of rotatable bonds is 4. The highest BCUT2D eigenvalue weighted by Gasteiger charge is 2.11. The summed E-state index contributed by atoms with van der Waals surface area (Å²) in [7, 11) is 1.62. The van der Waals surface area contributed by atoms with E-state index in [2.05, 4.69) is 4.98 Å². The first-order valence-corrected chi connectivity index (χ1v) is 5.68. The van der Waals surface area contributed by atoms with Crippen molar-refractivity contribution in [3.05, 3.63) is 59.7 Å². The number of halogens is 1. The van der Waals surface area contributed by atoms with Crippen LogP contribution in [0.25, 0.3) is 0 Å². The van der Waals surface area contributed by atoms with E-state index in [9.17, 15) is 4.39 Å². The van der Waals surface area contributed by atoms with E-state index in [-0.39, 0.29) is 11.9 Å². The highest BCUT2D eigenvalue weighted by Crippen LogP contribution is 2.23. The summed E-state index contributed by atoms with van der Waals surface area (Å²) in [6.07, 6.45) is 3.33. The first-order valence-electron chi connectivity index (χ1n) is 5.68. The van der Waals surface area contributed by atoms with E-state index >= 15 is 0 Å². The highest BCUT2D eigenvalue weighted by atomic mass is 19.1. The Morgan fingerprint density at radius 1 is 1.33 bits per heavy atom. The lowest BCUT2D eigenvalue weighted by atomic mass is 10.0. The van der Waals surface area contributed by atoms with Crippen LogP contribution >= 0.6 is 0 Å². The van der Waals surface area contributed by atoms with Crippen molar-refractivity contribution < 1.29 is 9.13 Å². The molecule has 0 fully saturated rings. The third kappa shape index (κ3) is 2.84. The number of nitrogens with two attached hydrogens (primary N) is 1. The molecule has 2 N–H and O–H groups in total. The van der Waals surface area contributed by atoms with Gasteiger partial charge in [0, 0.05) is 12.2 Å².